The van der Waals surface area contributed by atoms with E-state index in [4.69, 9.17) is 9.47 Å². The number of likely N-dealkylation sites (N-methyl/N-ethyl adjacent to an activating group) is 1. The maximum atomic E-state index is 14.6. The molecule has 42 heavy (non-hydrogen) atoms. The third kappa shape index (κ3) is 5.77. The number of benzene rings is 1. The average Bonchev–Trinajstić information content (AvgIpc) is 3.42. The van der Waals surface area contributed by atoms with Crippen molar-refractivity contribution >= 4 is 17.5 Å². The van der Waals surface area contributed by atoms with E-state index in [2.05, 4.69) is 51.1 Å². The van der Waals surface area contributed by atoms with Gasteiger partial charge in [0, 0.05) is 55.5 Å². The first-order chi connectivity index (χ1) is 20.5. The van der Waals surface area contributed by atoms with Crippen LogP contribution in [0.1, 0.15) is 43.2 Å². The van der Waals surface area contributed by atoms with Gasteiger partial charge in [-0.15, -0.1) is 18.3 Å². The lowest BCUT2D eigenvalue weighted by molar-refractivity contribution is -0.142. The maximum absolute atomic E-state index is 14.6. The van der Waals surface area contributed by atoms with E-state index in [1.54, 1.807) is 18.9 Å². The molecule has 1 aromatic carbocycles. The van der Waals surface area contributed by atoms with E-state index in [-0.39, 0.29) is 24.2 Å². The SMILES string of the molecule is C=CCN1CCN(C2NC(OCC3CCCN3C)NC3C(=O)[C@]4(CCC32)Cc2cccc(OC)c2CS4)CC1CC#N. The summed E-state index contributed by atoms with van der Waals surface area (Å²) in [5, 5.41) is 17.0. The molecule has 0 radical (unpaired) electrons. The average molecular weight is 595 g/mol. The largest absolute Gasteiger partial charge is 0.496 e. The third-order valence-electron chi connectivity index (χ3n) is 10.4. The Bertz CT molecular complexity index is 1190. The van der Waals surface area contributed by atoms with Gasteiger partial charge in [-0.1, -0.05) is 18.2 Å². The number of hydrogen-bond donors (Lipinski definition) is 2. The number of ether oxygens (including phenoxy) is 2. The summed E-state index contributed by atoms with van der Waals surface area (Å²) >= 11 is 1.80. The second kappa shape index (κ2) is 12.9. The number of piperazine rings is 1. The summed E-state index contributed by atoms with van der Waals surface area (Å²) in [7, 11) is 3.89. The topological polar surface area (TPSA) is 93.1 Å². The molecule has 2 N–H and O–H groups in total. The zero-order chi connectivity index (χ0) is 29.3. The van der Waals surface area contributed by atoms with Crippen LogP contribution in [0.25, 0.3) is 0 Å². The highest BCUT2D eigenvalue weighted by atomic mass is 32.2. The molecule has 0 bridgehead atoms. The van der Waals surface area contributed by atoms with Crippen molar-refractivity contribution in [3.63, 3.8) is 0 Å². The summed E-state index contributed by atoms with van der Waals surface area (Å²) in [6.45, 7) is 9.02. The fraction of sp³-hybridized carbons (Fsp3) is 0.688. The molecule has 4 fully saturated rings. The Balaban J connectivity index is 1.24. The Hall–Kier alpha value is -1.97. The molecule has 10 heteroatoms. The molecule has 7 atom stereocenters. The lowest BCUT2D eigenvalue weighted by Gasteiger charge is -2.55. The molecule has 4 heterocycles. The number of nitrogens with zero attached hydrogens (tertiary/aromatic N) is 4. The molecule has 0 amide bonds. The number of nitriles is 1. The normalized spacial score (nSPS) is 35.9. The van der Waals surface area contributed by atoms with Gasteiger partial charge in [-0.3, -0.25) is 25.2 Å². The van der Waals surface area contributed by atoms with Crippen molar-refractivity contribution in [2.75, 3.05) is 53.5 Å². The Morgan fingerprint density at radius 2 is 2.12 bits per heavy atom. The standard InChI is InChI=1S/C32H46N6O3S/c1-4-14-37-16-17-38(19-23(37)11-13-33)30-25-10-12-32(18-22-7-5-9-27(40-3)26(22)21-42-32)29(39)28(25)34-31(35-30)41-20-24-8-6-15-36(24)2/h4-5,7,9,23-25,28,30-31,34-35H,1,6,8,10-12,14-21H2,2-3H3/t23?,24?,25?,28?,30?,31?,32-/m0/s1. The molecule has 1 aromatic rings. The third-order valence-corrected chi connectivity index (χ3v) is 11.9. The summed E-state index contributed by atoms with van der Waals surface area (Å²) in [5.41, 5.74) is 2.46. The number of fused-ring (bicyclic) bond motifs is 2. The first kappa shape index (κ1) is 30.1. The van der Waals surface area contributed by atoms with Crippen LogP contribution in [0.2, 0.25) is 0 Å². The number of rotatable bonds is 8. The molecular formula is C32H46N6O3S. The molecule has 1 aliphatic carbocycles. The van der Waals surface area contributed by atoms with Gasteiger partial charge in [0.25, 0.3) is 0 Å². The van der Waals surface area contributed by atoms with Crippen molar-refractivity contribution in [1.82, 2.24) is 25.3 Å². The van der Waals surface area contributed by atoms with E-state index >= 15 is 0 Å². The van der Waals surface area contributed by atoms with Crippen molar-refractivity contribution < 1.29 is 14.3 Å². The Morgan fingerprint density at radius 3 is 2.88 bits per heavy atom. The fourth-order valence-electron chi connectivity index (χ4n) is 7.96. The predicted octanol–water partition coefficient (Wildman–Crippen LogP) is 2.57. The van der Waals surface area contributed by atoms with E-state index in [1.807, 2.05) is 18.2 Å². The molecule has 6 rings (SSSR count). The van der Waals surface area contributed by atoms with Crippen LogP contribution in [-0.4, -0.2) is 109 Å². The van der Waals surface area contributed by atoms with Gasteiger partial charge in [-0.25, -0.2) is 0 Å². The number of thioether (sulfide) groups is 1. The summed E-state index contributed by atoms with van der Waals surface area (Å²) in [4.78, 5) is 21.8. The lowest BCUT2D eigenvalue weighted by atomic mass is 9.71. The number of methoxy groups -OCH3 is 1. The van der Waals surface area contributed by atoms with Crippen LogP contribution in [0.3, 0.4) is 0 Å². The van der Waals surface area contributed by atoms with Crippen molar-refractivity contribution in [3.05, 3.63) is 42.0 Å². The Morgan fingerprint density at radius 1 is 1.24 bits per heavy atom. The monoisotopic (exact) mass is 594 g/mol. The van der Waals surface area contributed by atoms with Crippen molar-refractivity contribution in [2.45, 2.75) is 79.7 Å². The van der Waals surface area contributed by atoms with Crippen LogP contribution in [0, 0.1) is 17.2 Å². The number of nitrogens with one attached hydrogen (secondary N) is 2. The predicted molar refractivity (Wildman–Crippen MR) is 165 cm³/mol. The van der Waals surface area contributed by atoms with Crippen LogP contribution in [-0.2, 0) is 21.7 Å². The molecule has 6 unspecified atom stereocenters. The fourth-order valence-corrected chi connectivity index (χ4v) is 9.50. The second-order valence-corrected chi connectivity index (χ2v) is 14.0. The highest BCUT2D eigenvalue weighted by molar-refractivity contribution is 8.00. The summed E-state index contributed by atoms with van der Waals surface area (Å²) < 4.78 is 11.7. The van der Waals surface area contributed by atoms with Crippen molar-refractivity contribution in [2.24, 2.45) is 5.92 Å². The minimum absolute atomic E-state index is 0.0110. The molecule has 5 aliphatic rings. The lowest BCUT2D eigenvalue weighted by Crippen LogP contribution is -2.75. The van der Waals surface area contributed by atoms with E-state index in [1.165, 1.54) is 17.5 Å². The van der Waals surface area contributed by atoms with E-state index in [9.17, 15) is 10.1 Å². The number of carbonyl (C=O) groups is 1. The smallest absolute Gasteiger partial charge is 0.166 e. The van der Waals surface area contributed by atoms with Crippen molar-refractivity contribution in [1.29, 1.82) is 5.26 Å². The maximum Gasteiger partial charge on any atom is 0.166 e. The van der Waals surface area contributed by atoms with Gasteiger partial charge in [0.1, 0.15) is 5.75 Å². The van der Waals surface area contributed by atoms with Crippen LogP contribution >= 0.6 is 11.8 Å². The van der Waals surface area contributed by atoms with Gasteiger partial charge in [0.05, 0.1) is 43.2 Å². The quantitative estimate of drug-likeness (QED) is 0.438. The molecular weight excluding hydrogens is 548 g/mol. The van der Waals surface area contributed by atoms with Crippen LogP contribution < -0.4 is 15.4 Å². The summed E-state index contributed by atoms with van der Waals surface area (Å²) in [6.07, 6.45) is 6.93. The minimum Gasteiger partial charge on any atom is -0.496 e. The van der Waals surface area contributed by atoms with Crippen LogP contribution in [0.15, 0.2) is 30.9 Å². The van der Waals surface area contributed by atoms with E-state index < -0.39 is 11.1 Å². The van der Waals surface area contributed by atoms with Gasteiger partial charge in [-0.05, 0) is 57.3 Å². The summed E-state index contributed by atoms with van der Waals surface area (Å²) in [5.74, 6) is 2.16. The highest BCUT2D eigenvalue weighted by Gasteiger charge is 2.55. The Kier molecular flexibility index (Phi) is 9.27. The van der Waals surface area contributed by atoms with E-state index in [0.29, 0.717) is 24.9 Å². The van der Waals surface area contributed by atoms with Crippen LogP contribution in [0.4, 0.5) is 0 Å². The first-order valence-electron chi connectivity index (χ1n) is 15.6. The molecule has 1 saturated carbocycles. The van der Waals surface area contributed by atoms with Gasteiger partial charge < -0.3 is 14.4 Å². The number of ketones is 1. The van der Waals surface area contributed by atoms with Gasteiger partial charge >= 0.3 is 0 Å². The molecule has 9 nitrogen and oxygen atoms in total. The van der Waals surface area contributed by atoms with Gasteiger partial charge in [-0.2, -0.15) is 5.26 Å². The van der Waals surface area contributed by atoms with E-state index in [0.717, 1.165) is 69.9 Å². The molecule has 3 saturated heterocycles. The molecule has 228 valence electrons. The zero-order valence-corrected chi connectivity index (χ0v) is 25.9. The minimum atomic E-state index is -0.433. The number of hydrogen-bond acceptors (Lipinski definition) is 10. The number of Topliss-reactive ketones (excluding diaryl/α,β-unsaturated/α-hetero) is 1. The Labute approximate surface area is 254 Å². The second-order valence-electron chi connectivity index (χ2n) is 12.7. The molecule has 0 aromatic heterocycles. The first-order valence-corrected chi connectivity index (χ1v) is 16.6. The molecule has 1 spiro atoms. The van der Waals surface area contributed by atoms with Crippen LogP contribution in [0.5, 0.6) is 5.75 Å². The zero-order valence-electron chi connectivity index (χ0n) is 25.1. The van der Waals surface area contributed by atoms with Crippen molar-refractivity contribution in [3.8, 4) is 11.8 Å². The highest BCUT2D eigenvalue weighted by Crippen LogP contribution is 2.50. The number of likely N-dealkylation sites (tertiary alicyclic amines) is 1. The van der Waals surface area contributed by atoms with Gasteiger partial charge in [0.2, 0.25) is 0 Å². The van der Waals surface area contributed by atoms with Gasteiger partial charge in [0.15, 0.2) is 12.1 Å². The molecule has 4 aliphatic heterocycles. The summed E-state index contributed by atoms with van der Waals surface area (Å²) in [6, 6.07) is 8.90. The number of carbonyl (C=O) groups excluding carboxylic acids is 1.